The second-order valence-corrected chi connectivity index (χ2v) is 5.56. The van der Waals surface area contributed by atoms with Gasteiger partial charge in [-0.15, -0.1) is 0 Å². The predicted molar refractivity (Wildman–Crippen MR) is 97.3 cm³/mol. The number of benzene rings is 2. The second kappa shape index (κ2) is 7.21. The smallest absolute Gasteiger partial charge is 0.317 e. The normalized spacial score (nSPS) is 10.4. The van der Waals surface area contributed by atoms with Crippen molar-refractivity contribution in [2.75, 3.05) is 21.3 Å². The summed E-state index contributed by atoms with van der Waals surface area (Å²) in [7, 11) is 4.79. The largest absolute Gasteiger partial charge is 0.493 e. The highest BCUT2D eigenvalue weighted by molar-refractivity contribution is 5.70. The number of hydrogen-bond acceptors (Lipinski definition) is 5. The van der Waals surface area contributed by atoms with Crippen LogP contribution < -0.4 is 14.2 Å². The number of ether oxygens (including phenoxy) is 3. The Labute approximate surface area is 147 Å². The molecule has 0 fully saturated rings. The first-order valence-electron chi connectivity index (χ1n) is 7.87. The summed E-state index contributed by atoms with van der Waals surface area (Å²) in [5.41, 5.74) is 4.66. The van der Waals surface area contributed by atoms with E-state index in [9.17, 15) is 0 Å². The van der Waals surface area contributed by atoms with Crippen molar-refractivity contribution < 1.29 is 14.2 Å². The molecule has 128 valence electrons. The molecule has 5 heteroatoms. The highest BCUT2D eigenvalue weighted by Gasteiger charge is 2.12. The number of hydrogen-bond donors (Lipinski definition) is 0. The summed E-state index contributed by atoms with van der Waals surface area (Å²) in [6, 6.07) is 16.1. The third-order valence-electron chi connectivity index (χ3n) is 3.91. The second-order valence-electron chi connectivity index (χ2n) is 5.56. The van der Waals surface area contributed by atoms with Crippen LogP contribution in [0.3, 0.4) is 0 Å². The van der Waals surface area contributed by atoms with E-state index >= 15 is 0 Å². The average Bonchev–Trinajstić information content (AvgIpc) is 2.67. The van der Waals surface area contributed by atoms with Gasteiger partial charge in [0, 0.05) is 11.1 Å². The molecular weight excluding hydrogens is 316 g/mol. The van der Waals surface area contributed by atoms with Crippen molar-refractivity contribution >= 4 is 0 Å². The van der Waals surface area contributed by atoms with Crippen LogP contribution in [0.4, 0.5) is 0 Å². The molecule has 5 nitrogen and oxygen atoms in total. The monoisotopic (exact) mass is 336 g/mol. The molecule has 1 aromatic heterocycles. The van der Waals surface area contributed by atoms with Crippen LogP contribution in [-0.2, 0) is 0 Å². The van der Waals surface area contributed by atoms with Gasteiger partial charge in [-0.3, -0.25) is 0 Å². The summed E-state index contributed by atoms with van der Waals surface area (Å²) in [6.45, 7) is 2.05. The number of aromatic nitrogens is 2. The van der Waals surface area contributed by atoms with Gasteiger partial charge in [0.1, 0.15) is 0 Å². The molecule has 1 heterocycles. The van der Waals surface area contributed by atoms with Gasteiger partial charge >= 0.3 is 6.01 Å². The molecule has 0 N–H and O–H groups in total. The number of methoxy groups -OCH3 is 3. The maximum atomic E-state index is 5.38. The Morgan fingerprint density at radius 2 is 1.24 bits per heavy atom. The SMILES string of the molecule is COc1nc(-c2ccc(C)cc2)cc(-c2ccc(OC)c(OC)c2)n1. The molecule has 0 radical (unpaired) electrons. The zero-order valence-electron chi connectivity index (χ0n) is 14.7. The minimum atomic E-state index is 0.322. The Hall–Kier alpha value is -3.08. The van der Waals surface area contributed by atoms with E-state index < -0.39 is 0 Å². The standard InChI is InChI=1S/C20H20N2O3/c1-13-5-7-14(8-6-13)16-12-17(22-20(21-16)25-4)15-9-10-18(23-2)19(11-15)24-3/h5-12H,1-4H3. The molecular formula is C20H20N2O3. The van der Waals surface area contributed by atoms with Crippen LogP contribution in [-0.4, -0.2) is 31.3 Å². The Bertz CT molecular complexity index is 877. The summed E-state index contributed by atoms with van der Waals surface area (Å²) in [4.78, 5) is 8.93. The van der Waals surface area contributed by atoms with E-state index in [1.807, 2.05) is 36.4 Å². The lowest BCUT2D eigenvalue weighted by atomic mass is 10.1. The van der Waals surface area contributed by atoms with Crippen molar-refractivity contribution in [3.63, 3.8) is 0 Å². The van der Waals surface area contributed by atoms with E-state index in [0.29, 0.717) is 17.5 Å². The van der Waals surface area contributed by atoms with Gasteiger partial charge < -0.3 is 14.2 Å². The van der Waals surface area contributed by atoms with Gasteiger partial charge in [0.25, 0.3) is 0 Å². The first-order chi connectivity index (χ1) is 12.1. The quantitative estimate of drug-likeness (QED) is 0.701. The van der Waals surface area contributed by atoms with Crippen molar-refractivity contribution in [2.24, 2.45) is 0 Å². The van der Waals surface area contributed by atoms with Crippen molar-refractivity contribution in [3.8, 4) is 40.0 Å². The first kappa shape index (κ1) is 16.8. The van der Waals surface area contributed by atoms with E-state index in [0.717, 1.165) is 22.5 Å². The molecule has 0 bridgehead atoms. The van der Waals surface area contributed by atoms with Gasteiger partial charge in [0.2, 0.25) is 0 Å². The van der Waals surface area contributed by atoms with Crippen molar-refractivity contribution in [3.05, 3.63) is 54.1 Å². The molecule has 0 aliphatic heterocycles. The molecule has 0 atom stereocenters. The third kappa shape index (κ3) is 3.55. The van der Waals surface area contributed by atoms with Gasteiger partial charge in [-0.25, -0.2) is 0 Å². The van der Waals surface area contributed by atoms with Crippen LogP contribution in [0.25, 0.3) is 22.5 Å². The molecule has 3 rings (SSSR count). The fourth-order valence-electron chi connectivity index (χ4n) is 2.53. The number of nitrogens with zero attached hydrogens (tertiary/aromatic N) is 2. The number of rotatable bonds is 5. The summed E-state index contributed by atoms with van der Waals surface area (Å²) < 4.78 is 16.0. The highest BCUT2D eigenvalue weighted by atomic mass is 16.5. The molecule has 3 aromatic rings. The minimum absolute atomic E-state index is 0.322. The van der Waals surface area contributed by atoms with Crippen LogP contribution in [0.2, 0.25) is 0 Å². The Kier molecular flexibility index (Phi) is 4.84. The number of aryl methyl sites for hydroxylation is 1. The maximum Gasteiger partial charge on any atom is 0.317 e. The van der Waals surface area contributed by atoms with E-state index in [2.05, 4.69) is 29.0 Å². The fraction of sp³-hybridized carbons (Fsp3) is 0.200. The molecule has 0 aliphatic rings. The van der Waals surface area contributed by atoms with Gasteiger partial charge in [-0.05, 0) is 31.2 Å². The summed E-state index contributed by atoms with van der Waals surface area (Å²) in [5, 5.41) is 0. The molecule has 0 unspecified atom stereocenters. The van der Waals surface area contributed by atoms with Crippen LogP contribution in [0.1, 0.15) is 5.56 Å². The first-order valence-corrected chi connectivity index (χ1v) is 7.87. The highest BCUT2D eigenvalue weighted by Crippen LogP contribution is 2.33. The molecule has 0 spiro atoms. The van der Waals surface area contributed by atoms with E-state index in [-0.39, 0.29) is 0 Å². The molecule has 2 aromatic carbocycles. The van der Waals surface area contributed by atoms with E-state index in [4.69, 9.17) is 14.2 Å². The van der Waals surface area contributed by atoms with Crippen LogP contribution in [0, 0.1) is 6.92 Å². The lowest BCUT2D eigenvalue weighted by Gasteiger charge is -2.11. The Morgan fingerprint density at radius 3 is 1.84 bits per heavy atom. The summed E-state index contributed by atoms with van der Waals surface area (Å²) in [6.07, 6.45) is 0. The van der Waals surface area contributed by atoms with Crippen LogP contribution in [0.5, 0.6) is 17.5 Å². The summed E-state index contributed by atoms with van der Waals surface area (Å²) in [5.74, 6) is 1.32. The Balaban J connectivity index is 2.10. The van der Waals surface area contributed by atoms with E-state index in [1.165, 1.54) is 5.56 Å². The topological polar surface area (TPSA) is 53.5 Å². The molecule has 0 amide bonds. The fourth-order valence-corrected chi connectivity index (χ4v) is 2.53. The van der Waals surface area contributed by atoms with Gasteiger partial charge in [0.15, 0.2) is 11.5 Å². The Morgan fingerprint density at radius 1 is 0.640 bits per heavy atom. The summed E-state index contributed by atoms with van der Waals surface area (Å²) >= 11 is 0. The third-order valence-corrected chi connectivity index (χ3v) is 3.91. The van der Waals surface area contributed by atoms with Crippen molar-refractivity contribution in [2.45, 2.75) is 6.92 Å². The molecule has 0 aliphatic carbocycles. The lowest BCUT2D eigenvalue weighted by Crippen LogP contribution is -1.97. The molecule has 0 saturated heterocycles. The van der Waals surface area contributed by atoms with Crippen molar-refractivity contribution in [1.82, 2.24) is 9.97 Å². The van der Waals surface area contributed by atoms with Crippen LogP contribution in [0.15, 0.2) is 48.5 Å². The van der Waals surface area contributed by atoms with Gasteiger partial charge in [-0.1, -0.05) is 29.8 Å². The maximum absolute atomic E-state index is 5.38. The van der Waals surface area contributed by atoms with Gasteiger partial charge in [-0.2, -0.15) is 9.97 Å². The zero-order chi connectivity index (χ0) is 17.8. The molecule has 25 heavy (non-hydrogen) atoms. The van der Waals surface area contributed by atoms with Gasteiger partial charge in [0.05, 0.1) is 32.7 Å². The van der Waals surface area contributed by atoms with Crippen LogP contribution >= 0.6 is 0 Å². The van der Waals surface area contributed by atoms with Crippen molar-refractivity contribution in [1.29, 1.82) is 0 Å². The zero-order valence-corrected chi connectivity index (χ0v) is 14.7. The van der Waals surface area contributed by atoms with E-state index in [1.54, 1.807) is 21.3 Å². The molecule has 0 saturated carbocycles. The lowest BCUT2D eigenvalue weighted by molar-refractivity contribution is 0.355. The average molecular weight is 336 g/mol. The minimum Gasteiger partial charge on any atom is -0.493 e. The predicted octanol–water partition coefficient (Wildman–Crippen LogP) is 4.14.